The number of rotatable bonds is 6. The molecule has 0 saturated carbocycles. The van der Waals surface area contributed by atoms with E-state index in [-0.39, 0.29) is 17.7 Å². The van der Waals surface area contributed by atoms with Gasteiger partial charge in [0.25, 0.3) is 0 Å². The molecular formula is C14H30O2Si. The zero-order valence-corrected chi connectivity index (χ0v) is 13.6. The van der Waals surface area contributed by atoms with Crippen LogP contribution in [-0.2, 0) is 4.43 Å². The second-order valence-corrected chi connectivity index (χ2v) is 11.2. The Bertz CT molecular complexity index is 241. The van der Waals surface area contributed by atoms with Crippen molar-refractivity contribution in [1.29, 1.82) is 0 Å². The van der Waals surface area contributed by atoms with E-state index in [0.29, 0.717) is 5.92 Å². The molecule has 0 rings (SSSR count). The van der Waals surface area contributed by atoms with E-state index in [1.165, 1.54) is 0 Å². The zero-order chi connectivity index (χ0) is 13.7. The molecule has 0 radical (unpaired) electrons. The van der Waals surface area contributed by atoms with Gasteiger partial charge >= 0.3 is 0 Å². The van der Waals surface area contributed by atoms with Gasteiger partial charge in [-0.25, -0.2) is 0 Å². The normalized spacial score (nSPS) is 17.4. The van der Waals surface area contributed by atoms with Crippen LogP contribution in [0.3, 0.4) is 0 Å². The summed E-state index contributed by atoms with van der Waals surface area (Å²) in [6, 6.07) is 0. The van der Waals surface area contributed by atoms with Crippen LogP contribution in [-0.4, -0.2) is 26.1 Å². The van der Waals surface area contributed by atoms with Gasteiger partial charge in [-0.3, -0.25) is 0 Å². The van der Waals surface area contributed by atoms with E-state index in [4.69, 9.17) is 9.53 Å². The van der Waals surface area contributed by atoms with Crippen molar-refractivity contribution < 1.29 is 9.53 Å². The third-order valence-corrected chi connectivity index (χ3v) is 8.44. The zero-order valence-electron chi connectivity index (χ0n) is 12.6. The van der Waals surface area contributed by atoms with Crippen LogP contribution in [0.4, 0.5) is 0 Å². The molecule has 0 aromatic heterocycles. The second-order valence-electron chi connectivity index (χ2n) is 6.45. The van der Waals surface area contributed by atoms with Gasteiger partial charge in [0.15, 0.2) is 8.32 Å². The molecule has 0 aromatic carbocycles. The number of hydrogen-bond acceptors (Lipinski definition) is 2. The van der Waals surface area contributed by atoms with Gasteiger partial charge in [-0.2, -0.15) is 0 Å². The predicted molar refractivity (Wildman–Crippen MR) is 77.8 cm³/mol. The first kappa shape index (κ1) is 16.9. The summed E-state index contributed by atoms with van der Waals surface area (Å²) in [6.45, 7) is 15.9. The first-order valence-corrected chi connectivity index (χ1v) is 9.46. The van der Waals surface area contributed by atoms with Crippen LogP contribution in [0.2, 0.25) is 18.1 Å². The van der Waals surface area contributed by atoms with Gasteiger partial charge in [-0.15, -0.1) is 0 Å². The minimum atomic E-state index is -1.65. The first-order chi connectivity index (χ1) is 7.62. The van der Waals surface area contributed by atoms with Crippen LogP contribution in [0.25, 0.3) is 0 Å². The Balaban J connectivity index is 4.34. The smallest absolute Gasteiger partial charge is 0.192 e. The van der Waals surface area contributed by atoms with Crippen molar-refractivity contribution in [3.63, 3.8) is 0 Å². The summed E-state index contributed by atoms with van der Waals surface area (Å²) in [5, 5.41) is 8.97. The third kappa shape index (κ3) is 5.84. The number of allylic oxidation sites excluding steroid dienone is 1. The quantitative estimate of drug-likeness (QED) is 0.577. The average Bonchev–Trinajstić information content (AvgIpc) is 2.15. The molecule has 0 heterocycles. The first-order valence-electron chi connectivity index (χ1n) is 6.55. The van der Waals surface area contributed by atoms with Gasteiger partial charge in [-0.1, -0.05) is 39.8 Å². The van der Waals surface area contributed by atoms with Gasteiger partial charge < -0.3 is 9.53 Å². The lowest BCUT2D eigenvalue weighted by Gasteiger charge is -2.39. The molecule has 102 valence electrons. The van der Waals surface area contributed by atoms with Crippen molar-refractivity contribution in [3.8, 4) is 0 Å². The number of aliphatic hydroxyl groups is 1. The lowest BCUT2D eigenvalue weighted by molar-refractivity contribution is 0.144. The molecule has 0 aliphatic rings. The Morgan fingerprint density at radius 3 is 2.12 bits per heavy atom. The van der Waals surface area contributed by atoms with Crippen molar-refractivity contribution in [3.05, 3.63) is 12.2 Å². The van der Waals surface area contributed by atoms with Gasteiger partial charge in [-0.05, 0) is 37.4 Å². The Morgan fingerprint density at radius 2 is 1.71 bits per heavy atom. The molecule has 0 aliphatic carbocycles. The van der Waals surface area contributed by atoms with Crippen LogP contribution < -0.4 is 0 Å². The SMILES string of the molecule is C[C@H](O[Si](C)(C)C(C)(C)C)[C@@H](C)C/C=C/CO. The molecule has 2 atom stereocenters. The average molecular weight is 258 g/mol. The third-order valence-electron chi connectivity index (χ3n) is 3.87. The minimum Gasteiger partial charge on any atom is -0.414 e. The Labute approximate surface area is 108 Å². The van der Waals surface area contributed by atoms with E-state index in [9.17, 15) is 0 Å². The molecule has 2 nitrogen and oxygen atoms in total. The molecule has 1 N–H and O–H groups in total. The fraction of sp³-hybridized carbons (Fsp3) is 0.857. The minimum absolute atomic E-state index is 0.129. The highest BCUT2D eigenvalue weighted by atomic mass is 28.4. The van der Waals surface area contributed by atoms with Gasteiger partial charge in [0, 0.05) is 6.10 Å². The Hall–Kier alpha value is -0.123. The maximum atomic E-state index is 8.70. The largest absolute Gasteiger partial charge is 0.414 e. The van der Waals surface area contributed by atoms with Crippen molar-refractivity contribution in [1.82, 2.24) is 0 Å². The van der Waals surface area contributed by atoms with Gasteiger partial charge in [0.1, 0.15) is 0 Å². The Kier molecular flexibility index (Phi) is 6.67. The van der Waals surface area contributed by atoms with Gasteiger partial charge in [0.2, 0.25) is 0 Å². The molecule has 0 bridgehead atoms. The summed E-state index contributed by atoms with van der Waals surface area (Å²) >= 11 is 0. The van der Waals surface area contributed by atoms with Crippen LogP contribution in [0.1, 0.15) is 41.0 Å². The van der Waals surface area contributed by atoms with Crippen molar-refractivity contribution in [2.24, 2.45) is 5.92 Å². The highest BCUT2D eigenvalue weighted by Crippen LogP contribution is 2.38. The molecule has 0 fully saturated rings. The summed E-state index contributed by atoms with van der Waals surface area (Å²) in [6.07, 6.45) is 5.08. The molecule has 0 spiro atoms. The fourth-order valence-electron chi connectivity index (χ4n) is 1.33. The lowest BCUT2D eigenvalue weighted by Crippen LogP contribution is -2.44. The summed E-state index contributed by atoms with van der Waals surface area (Å²) in [5.41, 5.74) is 0. The predicted octanol–water partition coefficient (Wildman–Crippen LogP) is 3.97. The summed E-state index contributed by atoms with van der Waals surface area (Å²) in [5.74, 6) is 0.493. The molecule has 3 heteroatoms. The molecule has 0 aromatic rings. The molecule has 0 aliphatic heterocycles. The maximum absolute atomic E-state index is 8.70. The van der Waals surface area contributed by atoms with E-state index in [0.717, 1.165) is 6.42 Å². The maximum Gasteiger partial charge on any atom is 0.192 e. The van der Waals surface area contributed by atoms with Crippen molar-refractivity contribution >= 4 is 8.32 Å². The summed E-state index contributed by atoms with van der Waals surface area (Å²) < 4.78 is 6.34. The summed E-state index contributed by atoms with van der Waals surface area (Å²) in [7, 11) is -1.65. The van der Waals surface area contributed by atoms with E-state index >= 15 is 0 Å². The van der Waals surface area contributed by atoms with E-state index < -0.39 is 8.32 Å². The Morgan fingerprint density at radius 1 is 1.18 bits per heavy atom. The van der Waals surface area contributed by atoms with E-state index in [2.05, 4.69) is 47.7 Å². The van der Waals surface area contributed by atoms with Gasteiger partial charge in [0.05, 0.1) is 6.61 Å². The lowest BCUT2D eigenvalue weighted by atomic mass is 10.0. The molecule has 17 heavy (non-hydrogen) atoms. The van der Waals surface area contributed by atoms with E-state index in [1.807, 2.05) is 6.08 Å². The van der Waals surface area contributed by atoms with E-state index in [1.54, 1.807) is 6.08 Å². The second kappa shape index (κ2) is 6.71. The number of hydrogen-bond donors (Lipinski definition) is 1. The van der Waals surface area contributed by atoms with Crippen molar-refractivity contribution in [2.45, 2.75) is 65.3 Å². The highest BCUT2D eigenvalue weighted by Gasteiger charge is 2.38. The van der Waals surface area contributed by atoms with Crippen LogP contribution in [0.5, 0.6) is 0 Å². The van der Waals surface area contributed by atoms with Crippen molar-refractivity contribution in [2.75, 3.05) is 6.61 Å². The standard InChI is InChI=1S/C14H30O2Si/c1-12(10-8-9-11-15)13(2)16-17(6,7)14(3,4)5/h8-9,12-13,15H,10-11H2,1-7H3/b9-8+/t12-,13-/m0/s1. The molecule has 0 amide bonds. The van der Waals surface area contributed by atoms with Crippen LogP contribution >= 0.6 is 0 Å². The topological polar surface area (TPSA) is 29.5 Å². The highest BCUT2D eigenvalue weighted by molar-refractivity contribution is 6.74. The van der Waals surface area contributed by atoms with Crippen LogP contribution in [0.15, 0.2) is 12.2 Å². The fourth-order valence-corrected chi connectivity index (χ4v) is 2.85. The molecule has 0 saturated heterocycles. The summed E-state index contributed by atoms with van der Waals surface area (Å²) in [4.78, 5) is 0. The number of aliphatic hydroxyl groups excluding tert-OH is 1. The van der Waals surface area contributed by atoms with Crippen LogP contribution in [0, 0.1) is 5.92 Å². The molecule has 0 unspecified atom stereocenters. The molecular weight excluding hydrogens is 228 g/mol. The monoisotopic (exact) mass is 258 g/mol.